The van der Waals surface area contributed by atoms with E-state index in [9.17, 15) is 5.11 Å². The third kappa shape index (κ3) is 1.48. The average Bonchev–Trinajstić information content (AvgIpc) is 2.20. The SMILES string of the molecule is COc1c(C)c(Br)c(N)c(O)c1OC. The molecule has 1 aromatic rings. The van der Waals surface area contributed by atoms with Crippen LogP contribution in [0.1, 0.15) is 5.56 Å². The number of ether oxygens (including phenoxy) is 2. The Morgan fingerprint density at radius 3 is 2.14 bits per heavy atom. The van der Waals surface area contributed by atoms with E-state index in [1.165, 1.54) is 14.2 Å². The van der Waals surface area contributed by atoms with Gasteiger partial charge in [-0.2, -0.15) is 0 Å². The van der Waals surface area contributed by atoms with Gasteiger partial charge in [-0.15, -0.1) is 0 Å². The van der Waals surface area contributed by atoms with E-state index in [0.29, 0.717) is 10.2 Å². The first-order chi connectivity index (χ1) is 6.54. The van der Waals surface area contributed by atoms with Crippen molar-refractivity contribution in [3.8, 4) is 17.2 Å². The molecule has 0 aliphatic heterocycles. The van der Waals surface area contributed by atoms with Crippen LogP contribution in [-0.2, 0) is 0 Å². The molecule has 0 unspecified atom stereocenters. The molecular formula is C9H12BrNO3. The minimum Gasteiger partial charge on any atom is -0.503 e. The van der Waals surface area contributed by atoms with E-state index in [2.05, 4.69) is 15.9 Å². The monoisotopic (exact) mass is 261 g/mol. The normalized spacial score (nSPS) is 10.0. The van der Waals surface area contributed by atoms with Crippen molar-refractivity contribution < 1.29 is 14.6 Å². The molecule has 0 heterocycles. The number of nitrogens with two attached hydrogens (primary N) is 1. The van der Waals surface area contributed by atoms with Crippen LogP contribution in [0.2, 0.25) is 0 Å². The van der Waals surface area contributed by atoms with Gasteiger partial charge in [0.25, 0.3) is 0 Å². The molecule has 0 saturated carbocycles. The Morgan fingerprint density at radius 2 is 1.71 bits per heavy atom. The summed E-state index contributed by atoms with van der Waals surface area (Å²) in [6.07, 6.45) is 0. The van der Waals surface area contributed by atoms with E-state index in [1.807, 2.05) is 6.92 Å². The first-order valence-electron chi connectivity index (χ1n) is 3.93. The molecule has 0 spiro atoms. The van der Waals surface area contributed by atoms with Crippen molar-refractivity contribution in [3.63, 3.8) is 0 Å². The molecular weight excluding hydrogens is 250 g/mol. The van der Waals surface area contributed by atoms with E-state index >= 15 is 0 Å². The van der Waals surface area contributed by atoms with Gasteiger partial charge in [0.2, 0.25) is 5.75 Å². The van der Waals surface area contributed by atoms with Gasteiger partial charge >= 0.3 is 0 Å². The zero-order chi connectivity index (χ0) is 10.9. The summed E-state index contributed by atoms with van der Waals surface area (Å²) in [7, 11) is 2.96. The smallest absolute Gasteiger partial charge is 0.205 e. The third-order valence-electron chi connectivity index (χ3n) is 1.99. The third-order valence-corrected chi connectivity index (χ3v) is 3.01. The van der Waals surface area contributed by atoms with Crippen molar-refractivity contribution in [2.75, 3.05) is 20.0 Å². The van der Waals surface area contributed by atoms with Gasteiger partial charge in [0.1, 0.15) is 0 Å². The number of hydrogen-bond acceptors (Lipinski definition) is 4. The second-order valence-electron chi connectivity index (χ2n) is 2.77. The summed E-state index contributed by atoms with van der Waals surface area (Å²) in [6.45, 7) is 1.82. The maximum atomic E-state index is 9.65. The number of anilines is 1. The Balaban J connectivity index is 3.57. The van der Waals surface area contributed by atoms with Crippen molar-refractivity contribution in [1.82, 2.24) is 0 Å². The summed E-state index contributed by atoms with van der Waals surface area (Å²) in [5.74, 6) is 0.624. The number of aromatic hydroxyl groups is 1. The molecule has 0 amide bonds. The van der Waals surface area contributed by atoms with Gasteiger partial charge in [-0.25, -0.2) is 0 Å². The number of methoxy groups -OCH3 is 2. The number of phenols is 1. The highest BCUT2D eigenvalue weighted by Gasteiger charge is 2.19. The standard InChI is InChI=1S/C9H12BrNO3/c1-4-5(10)6(11)7(12)9(14-3)8(4)13-2/h12H,11H2,1-3H3. The van der Waals surface area contributed by atoms with Crippen LogP contribution in [0.15, 0.2) is 4.47 Å². The summed E-state index contributed by atoms with van der Waals surface area (Å²) in [4.78, 5) is 0. The van der Waals surface area contributed by atoms with Gasteiger partial charge in [0, 0.05) is 5.56 Å². The number of nitrogen functional groups attached to an aromatic ring is 1. The van der Waals surface area contributed by atoms with Gasteiger partial charge in [0.05, 0.1) is 24.4 Å². The van der Waals surface area contributed by atoms with Crippen LogP contribution in [0, 0.1) is 6.92 Å². The molecule has 0 saturated heterocycles. The van der Waals surface area contributed by atoms with Gasteiger partial charge in [-0.05, 0) is 22.9 Å². The van der Waals surface area contributed by atoms with Crippen molar-refractivity contribution >= 4 is 21.6 Å². The van der Waals surface area contributed by atoms with E-state index in [0.717, 1.165) is 5.56 Å². The van der Waals surface area contributed by atoms with Crippen LogP contribution in [-0.4, -0.2) is 19.3 Å². The van der Waals surface area contributed by atoms with Crippen LogP contribution < -0.4 is 15.2 Å². The molecule has 0 atom stereocenters. The second kappa shape index (κ2) is 3.96. The Hall–Kier alpha value is -1.10. The fraction of sp³-hybridized carbons (Fsp3) is 0.333. The molecule has 0 aliphatic carbocycles. The number of halogens is 1. The Labute approximate surface area is 90.8 Å². The molecule has 0 aliphatic rings. The fourth-order valence-corrected chi connectivity index (χ4v) is 1.61. The lowest BCUT2D eigenvalue weighted by molar-refractivity contribution is 0.332. The Bertz CT molecular complexity index is 331. The topological polar surface area (TPSA) is 64.7 Å². The van der Waals surface area contributed by atoms with Crippen molar-refractivity contribution in [2.45, 2.75) is 6.92 Å². The van der Waals surface area contributed by atoms with Crippen molar-refractivity contribution in [2.24, 2.45) is 0 Å². The zero-order valence-electron chi connectivity index (χ0n) is 8.22. The lowest BCUT2D eigenvalue weighted by Gasteiger charge is -2.15. The minimum atomic E-state index is -0.109. The zero-order valence-corrected chi connectivity index (χ0v) is 9.81. The number of hydrogen-bond donors (Lipinski definition) is 2. The highest BCUT2D eigenvalue weighted by Crippen LogP contribution is 2.47. The summed E-state index contributed by atoms with van der Waals surface area (Å²) in [6, 6.07) is 0. The van der Waals surface area contributed by atoms with Crippen LogP contribution in [0.25, 0.3) is 0 Å². The first kappa shape index (κ1) is 11.0. The molecule has 1 rings (SSSR count). The van der Waals surface area contributed by atoms with Crippen LogP contribution in [0.5, 0.6) is 17.2 Å². The Kier molecular flexibility index (Phi) is 3.10. The van der Waals surface area contributed by atoms with E-state index < -0.39 is 0 Å². The van der Waals surface area contributed by atoms with E-state index in [1.54, 1.807) is 0 Å². The molecule has 4 nitrogen and oxygen atoms in total. The summed E-state index contributed by atoms with van der Waals surface area (Å²) in [5.41, 5.74) is 6.69. The van der Waals surface area contributed by atoms with Gasteiger partial charge in [-0.3, -0.25) is 0 Å². The lowest BCUT2D eigenvalue weighted by Crippen LogP contribution is -1.98. The molecule has 14 heavy (non-hydrogen) atoms. The average molecular weight is 262 g/mol. The fourth-order valence-electron chi connectivity index (χ4n) is 1.24. The molecule has 0 fully saturated rings. The second-order valence-corrected chi connectivity index (χ2v) is 3.56. The van der Waals surface area contributed by atoms with Gasteiger partial charge < -0.3 is 20.3 Å². The van der Waals surface area contributed by atoms with Crippen LogP contribution >= 0.6 is 15.9 Å². The Morgan fingerprint density at radius 1 is 1.21 bits per heavy atom. The predicted molar refractivity (Wildman–Crippen MR) is 58.1 cm³/mol. The highest BCUT2D eigenvalue weighted by atomic mass is 79.9. The predicted octanol–water partition coefficient (Wildman–Crippen LogP) is 2.06. The van der Waals surface area contributed by atoms with Gasteiger partial charge in [0.15, 0.2) is 11.5 Å². The first-order valence-corrected chi connectivity index (χ1v) is 4.72. The highest BCUT2D eigenvalue weighted by molar-refractivity contribution is 9.10. The van der Waals surface area contributed by atoms with E-state index in [4.69, 9.17) is 15.2 Å². The number of phenolic OH excluding ortho intramolecular Hbond substituents is 1. The van der Waals surface area contributed by atoms with Crippen LogP contribution in [0.3, 0.4) is 0 Å². The minimum absolute atomic E-state index is 0.109. The summed E-state index contributed by atoms with van der Waals surface area (Å²) >= 11 is 3.26. The molecule has 3 N–H and O–H groups in total. The van der Waals surface area contributed by atoms with E-state index in [-0.39, 0.29) is 17.2 Å². The molecule has 0 bridgehead atoms. The molecule has 1 aromatic carbocycles. The quantitative estimate of drug-likeness (QED) is 0.632. The summed E-state index contributed by atoms with van der Waals surface area (Å²) < 4.78 is 10.7. The number of benzene rings is 1. The van der Waals surface area contributed by atoms with Crippen molar-refractivity contribution in [1.29, 1.82) is 0 Å². The maximum absolute atomic E-state index is 9.65. The molecule has 5 heteroatoms. The van der Waals surface area contributed by atoms with Crippen LogP contribution in [0.4, 0.5) is 5.69 Å². The largest absolute Gasteiger partial charge is 0.503 e. The van der Waals surface area contributed by atoms with Crippen molar-refractivity contribution in [3.05, 3.63) is 10.0 Å². The van der Waals surface area contributed by atoms with Gasteiger partial charge in [-0.1, -0.05) is 0 Å². The molecule has 0 radical (unpaired) electrons. The molecule has 0 aromatic heterocycles. The lowest BCUT2D eigenvalue weighted by atomic mass is 10.1. The maximum Gasteiger partial charge on any atom is 0.205 e. The summed E-state index contributed by atoms with van der Waals surface area (Å²) in [5, 5.41) is 9.65. The number of rotatable bonds is 2. The molecule has 78 valence electrons.